The maximum Gasteiger partial charge on any atom is 0.315 e. The van der Waals surface area contributed by atoms with Crippen molar-refractivity contribution in [2.75, 3.05) is 26.4 Å². The first-order chi connectivity index (χ1) is 9.83. The molecule has 1 atom stereocenters. The highest BCUT2D eigenvalue weighted by Gasteiger charge is 2.24. The van der Waals surface area contributed by atoms with E-state index in [-0.39, 0.29) is 18.0 Å². The molecule has 0 aliphatic carbocycles. The third-order valence-electron chi connectivity index (χ3n) is 3.86. The largest absolute Gasteiger partial charge is 0.493 e. The van der Waals surface area contributed by atoms with Gasteiger partial charge < -0.3 is 20.1 Å². The van der Waals surface area contributed by atoms with Crippen LogP contribution in [0, 0.1) is 0 Å². The van der Waals surface area contributed by atoms with Gasteiger partial charge in [0.2, 0.25) is 0 Å². The van der Waals surface area contributed by atoms with Gasteiger partial charge in [-0.05, 0) is 18.9 Å². The quantitative estimate of drug-likeness (QED) is 0.882. The van der Waals surface area contributed by atoms with Crippen molar-refractivity contribution in [1.29, 1.82) is 0 Å². The van der Waals surface area contributed by atoms with Gasteiger partial charge in [0.25, 0.3) is 0 Å². The van der Waals surface area contributed by atoms with Crippen LogP contribution in [0.1, 0.15) is 24.3 Å². The van der Waals surface area contributed by atoms with Crippen LogP contribution in [0.25, 0.3) is 0 Å². The fourth-order valence-corrected chi connectivity index (χ4v) is 2.69. The molecule has 0 unspecified atom stereocenters. The number of urea groups is 1. The predicted octanol–water partition coefficient (Wildman–Crippen LogP) is 1.64. The molecule has 3 rings (SSSR count). The number of benzene rings is 1. The average molecular weight is 276 g/mol. The van der Waals surface area contributed by atoms with Crippen molar-refractivity contribution < 1.29 is 14.3 Å². The van der Waals surface area contributed by atoms with Gasteiger partial charge in [-0.25, -0.2) is 4.79 Å². The molecule has 2 heterocycles. The number of nitrogens with one attached hydrogen (secondary N) is 2. The van der Waals surface area contributed by atoms with E-state index >= 15 is 0 Å². The van der Waals surface area contributed by atoms with Crippen LogP contribution in [0.2, 0.25) is 0 Å². The highest BCUT2D eigenvalue weighted by Crippen LogP contribution is 2.32. The molecule has 2 amide bonds. The molecule has 0 aromatic heterocycles. The van der Waals surface area contributed by atoms with Gasteiger partial charge in [0.1, 0.15) is 5.75 Å². The van der Waals surface area contributed by atoms with Crippen LogP contribution >= 0.6 is 0 Å². The zero-order chi connectivity index (χ0) is 13.8. The molecule has 0 bridgehead atoms. The summed E-state index contributed by atoms with van der Waals surface area (Å²) >= 11 is 0. The third-order valence-corrected chi connectivity index (χ3v) is 3.86. The molecule has 108 valence electrons. The first-order valence-corrected chi connectivity index (χ1v) is 7.17. The lowest BCUT2D eigenvalue weighted by Gasteiger charge is -2.23. The molecular weight excluding hydrogens is 256 g/mol. The highest BCUT2D eigenvalue weighted by atomic mass is 16.5. The zero-order valence-electron chi connectivity index (χ0n) is 11.4. The summed E-state index contributed by atoms with van der Waals surface area (Å²) in [4.78, 5) is 11.9. The lowest BCUT2D eigenvalue weighted by molar-refractivity contribution is 0.0800. The van der Waals surface area contributed by atoms with E-state index < -0.39 is 0 Å². The Morgan fingerprint density at radius 2 is 2.05 bits per heavy atom. The van der Waals surface area contributed by atoms with Crippen molar-refractivity contribution >= 4 is 6.03 Å². The molecule has 0 saturated carbocycles. The van der Waals surface area contributed by atoms with Gasteiger partial charge in [-0.1, -0.05) is 18.2 Å². The minimum Gasteiger partial charge on any atom is -0.493 e. The van der Waals surface area contributed by atoms with Crippen LogP contribution in [-0.4, -0.2) is 38.4 Å². The second-order valence-electron chi connectivity index (χ2n) is 5.29. The lowest BCUT2D eigenvalue weighted by Crippen LogP contribution is -2.45. The number of ether oxygens (including phenoxy) is 2. The zero-order valence-corrected chi connectivity index (χ0v) is 11.4. The van der Waals surface area contributed by atoms with E-state index in [2.05, 4.69) is 16.7 Å². The number of hydrogen-bond acceptors (Lipinski definition) is 3. The Morgan fingerprint density at radius 1 is 1.25 bits per heavy atom. The Labute approximate surface area is 118 Å². The van der Waals surface area contributed by atoms with Gasteiger partial charge in [0, 0.05) is 37.3 Å². The van der Waals surface area contributed by atoms with E-state index in [1.807, 2.05) is 18.2 Å². The van der Waals surface area contributed by atoms with E-state index in [1.165, 1.54) is 5.56 Å². The fourth-order valence-electron chi connectivity index (χ4n) is 2.69. The second kappa shape index (κ2) is 6.13. The summed E-state index contributed by atoms with van der Waals surface area (Å²) in [6, 6.07) is 8.13. The summed E-state index contributed by atoms with van der Waals surface area (Å²) in [5.74, 6) is 1.18. The molecule has 2 aliphatic rings. The van der Waals surface area contributed by atoms with Crippen LogP contribution in [-0.2, 0) is 4.74 Å². The number of amides is 2. The second-order valence-corrected chi connectivity index (χ2v) is 5.29. The van der Waals surface area contributed by atoms with Crippen LogP contribution in [0.3, 0.4) is 0 Å². The third kappa shape index (κ3) is 3.04. The van der Waals surface area contributed by atoms with Gasteiger partial charge in [-0.15, -0.1) is 0 Å². The number of rotatable bonds is 3. The van der Waals surface area contributed by atoms with Crippen LogP contribution in [0.5, 0.6) is 5.75 Å². The summed E-state index contributed by atoms with van der Waals surface area (Å²) in [6.45, 7) is 2.70. The maximum absolute atomic E-state index is 11.9. The van der Waals surface area contributed by atoms with Crippen molar-refractivity contribution in [3.63, 3.8) is 0 Å². The molecule has 5 heteroatoms. The van der Waals surface area contributed by atoms with E-state index in [1.54, 1.807) is 0 Å². The van der Waals surface area contributed by atoms with Crippen molar-refractivity contribution in [3.05, 3.63) is 29.8 Å². The van der Waals surface area contributed by atoms with Crippen molar-refractivity contribution in [3.8, 4) is 5.75 Å². The minimum atomic E-state index is -0.0960. The standard InChI is InChI=1S/C15H20N2O3/c18-15(17-12-5-7-19-8-6-12)16-9-11-10-20-14-4-2-1-3-13(11)14/h1-4,11-12H,5-10H2,(H2,16,17,18)/t11-/m1/s1. The van der Waals surface area contributed by atoms with E-state index in [4.69, 9.17) is 9.47 Å². The molecule has 0 radical (unpaired) electrons. The Bertz CT molecular complexity index is 472. The topological polar surface area (TPSA) is 59.6 Å². The van der Waals surface area contributed by atoms with Gasteiger partial charge in [0.15, 0.2) is 0 Å². The SMILES string of the molecule is O=C(NC[C@@H]1COc2ccccc21)NC1CCOCC1. The van der Waals surface area contributed by atoms with Gasteiger partial charge >= 0.3 is 6.03 Å². The van der Waals surface area contributed by atoms with Crippen molar-refractivity contribution in [1.82, 2.24) is 10.6 Å². The van der Waals surface area contributed by atoms with E-state index in [9.17, 15) is 4.79 Å². The molecule has 1 aromatic rings. The first-order valence-electron chi connectivity index (χ1n) is 7.17. The van der Waals surface area contributed by atoms with Crippen molar-refractivity contribution in [2.24, 2.45) is 0 Å². The highest BCUT2D eigenvalue weighted by molar-refractivity contribution is 5.74. The Kier molecular flexibility index (Phi) is 4.06. The summed E-state index contributed by atoms with van der Waals surface area (Å²) < 4.78 is 10.9. The Balaban J connectivity index is 1.46. The van der Waals surface area contributed by atoms with Crippen molar-refractivity contribution in [2.45, 2.75) is 24.8 Å². The number of hydrogen-bond donors (Lipinski definition) is 2. The van der Waals surface area contributed by atoms with Gasteiger partial charge in [0.05, 0.1) is 6.61 Å². The van der Waals surface area contributed by atoms with Crippen LogP contribution in [0.4, 0.5) is 4.79 Å². The molecule has 20 heavy (non-hydrogen) atoms. The molecule has 1 saturated heterocycles. The molecule has 5 nitrogen and oxygen atoms in total. The monoisotopic (exact) mass is 276 g/mol. The van der Waals surface area contributed by atoms with Gasteiger partial charge in [-0.3, -0.25) is 0 Å². The molecule has 2 N–H and O–H groups in total. The normalized spacial score (nSPS) is 21.9. The predicted molar refractivity (Wildman–Crippen MR) is 75.1 cm³/mol. The number of carbonyl (C=O) groups is 1. The summed E-state index contributed by atoms with van der Waals surface area (Å²) in [7, 11) is 0. The molecule has 1 fully saturated rings. The average Bonchev–Trinajstić information content (AvgIpc) is 2.89. The Morgan fingerprint density at radius 3 is 2.90 bits per heavy atom. The number of fused-ring (bicyclic) bond motifs is 1. The molecule has 2 aliphatic heterocycles. The summed E-state index contributed by atoms with van der Waals surface area (Å²) in [5.41, 5.74) is 1.18. The molecular formula is C15H20N2O3. The lowest BCUT2D eigenvalue weighted by atomic mass is 10.0. The minimum absolute atomic E-state index is 0.0960. The maximum atomic E-state index is 11.9. The van der Waals surface area contributed by atoms with E-state index in [0.717, 1.165) is 31.8 Å². The number of carbonyl (C=O) groups excluding carboxylic acids is 1. The molecule has 0 spiro atoms. The summed E-state index contributed by atoms with van der Waals surface area (Å²) in [5, 5.41) is 5.94. The number of para-hydroxylation sites is 1. The van der Waals surface area contributed by atoms with Crippen LogP contribution in [0.15, 0.2) is 24.3 Å². The molecule has 1 aromatic carbocycles. The Hall–Kier alpha value is -1.75. The summed E-state index contributed by atoms with van der Waals surface area (Å²) in [6.07, 6.45) is 1.78. The fraction of sp³-hybridized carbons (Fsp3) is 0.533. The van der Waals surface area contributed by atoms with Crippen LogP contribution < -0.4 is 15.4 Å². The van der Waals surface area contributed by atoms with E-state index in [0.29, 0.717) is 13.2 Å². The first kappa shape index (κ1) is 13.2. The smallest absolute Gasteiger partial charge is 0.315 e. The van der Waals surface area contributed by atoms with Gasteiger partial charge in [-0.2, -0.15) is 0 Å².